The molecule has 0 aromatic carbocycles. The number of hydrogen-bond donors (Lipinski definition) is 3. The summed E-state index contributed by atoms with van der Waals surface area (Å²) in [4.78, 5) is 12.0. The Labute approximate surface area is 133 Å². The summed E-state index contributed by atoms with van der Waals surface area (Å²) >= 11 is 0. The van der Waals surface area contributed by atoms with Crippen molar-refractivity contribution in [3.63, 3.8) is 0 Å². The summed E-state index contributed by atoms with van der Waals surface area (Å²) in [5.74, 6) is 2.55. The number of aliphatic hydroxyl groups is 1. The van der Waals surface area contributed by atoms with Crippen molar-refractivity contribution >= 4 is 6.03 Å². The highest BCUT2D eigenvalue weighted by molar-refractivity contribution is 5.74. The van der Waals surface area contributed by atoms with Crippen LogP contribution in [0.25, 0.3) is 0 Å². The molecular weight excluding hydrogens is 280 g/mol. The fourth-order valence-corrected chi connectivity index (χ4v) is 2.80. The fraction of sp³-hybridized carbons (Fsp3) is 0.706. The molecule has 0 bridgehead atoms. The second-order valence-corrected chi connectivity index (χ2v) is 6.45. The third-order valence-electron chi connectivity index (χ3n) is 3.79. The van der Waals surface area contributed by atoms with Gasteiger partial charge in [0.1, 0.15) is 11.5 Å². The van der Waals surface area contributed by atoms with Crippen molar-refractivity contribution in [2.24, 2.45) is 11.8 Å². The minimum Gasteiger partial charge on any atom is -0.466 e. The smallest absolute Gasteiger partial charge is 0.315 e. The quantitative estimate of drug-likeness (QED) is 0.689. The van der Waals surface area contributed by atoms with Gasteiger partial charge in [-0.1, -0.05) is 13.8 Å². The van der Waals surface area contributed by atoms with Crippen LogP contribution in [0.3, 0.4) is 0 Å². The Kier molecular flexibility index (Phi) is 7.45. The Morgan fingerprint density at radius 2 is 2.00 bits per heavy atom. The van der Waals surface area contributed by atoms with Crippen LogP contribution in [0.15, 0.2) is 10.5 Å². The predicted octanol–water partition coefficient (Wildman–Crippen LogP) is 3.30. The minimum atomic E-state index is -0.183. The van der Waals surface area contributed by atoms with E-state index in [4.69, 9.17) is 9.52 Å². The number of carbonyl (C=O) groups is 1. The second-order valence-electron chi connectivity index (χ2n) is 6.45. The number of aliphatic hydroxyl groups excluding tert-OH is 1. The third-order valence-corrected chi connectivity index (χ3v) is 3.79. The summed E-state index contributed by atoms with van der Waals surface area (Å²) in [6.45, 7) is 10.8. The van der Waals surface area contributed by atoms with Crippen LogP contribution < -0.4 is 10.6 Å². The lowest BCUT2D eigenvalue weighted by molar-refractivity contribution is 0.223. The number of carbonyl (C=O) groups excluding carboxylic acids is 1. The van der Waals surface area contributed by atoms with Crippen molar-refractivity contribution in [1.82, 2.24) is 10.6 Å². The molecule has 2 atom stereocenters. The van der Waals surface area contributed by atoms with E-state index >= 15 is 0 Å². The first kappa shape index (κ1) is 18.6. The maximum Gasteiger partial charge on any atom is 0.315 e. The summed E-state index contributed by atoms with van der Waals surface area (Å²) in [5, 5.41) is 14.9. The van der Waals surface area contributed by atoms with Gasteiger partial charge in [-0.25, -0.2) is 4.79 Å². The molecule has 22 heavy (non-hydrogen) atoms. The van der Waals surface area contributed by atoms with E-state index in [1.54, 1.807) is 0 Å². The van der Waals surface area contributed by atoms with Crippen molar-refractivity contribution < 1.29 is 14.3 Å². The van der Waals surface area contributed by atoms with Crippen molar-refractivity contribution in [2.45, 2.75) is 53.5 Å². The zero-order valence-corrected chi connectivity index (χ0v) is 14.4. The van der Waals surface area contributed by atoms with Crippen LogP contribution in [0.2, 0.25) is 0 Å². The molecule has 0 aliphatic rings. The normalized spacial score (nSPS) is 14.0. The van der Waals surface area contributed by atoms with E-state index < -0.39 is 0 Å². The van der Waals surface area contributed by atoms with Crippen molar-refractivity contribution in [2.75, 3.05) is 13.2 Å². The van der Waals surface area contributed by atoms with Gasteiger partial charge in [-0.05, 0) is 51.5 Å². The molecule has 0 radical (unpaired) electrons. The van der Waals surface area contributed by atoms with Crippen LogP contribution in [0, 0.1) is 25.7 Å². The van der Waals surface area contributed by atoms with E-state index in [2.05, 4.69) is 24.5 Å². The maximum absolute atomic E-state index is 12.0. The summed E-state index contributed by atoms with van der Waals surface area (Å²) in [5.41, 5.74) is 1.00. The summed E-state index contributed by atoms with van der Waals surface area (Å²) in [6, 6.07) is 1.67. The van der Waals surface area contributed by atoms with Crippen LogP contribution in [-0.2, 0) is 0 Å². The molecule has 2 amide bonds. The van der Waals surface area contributed by atoms with Crippen molar-refractivity contribution in [3.8, 4) is 0 Å². The maximum atomic E-state index is 12.0. The van der Waals surface area contributed by atoms with E-state index in [1.807, 2.05) is 26.8 Å². The average Bonchev–Trinajstić information content (AvgIpc) is 2.75. The summed E-state index contributed by atoms with van der Waals surface area (Å²) in [7, 11) is 0. The molecule has 1 heterocycles. The molecule has 5 nitrogen and oxygen atoms in total. The molecule has 2 unspecified atom stereocenters. The Balaban J connectivity index is 2.46. The zero-order chi connectivity index (χ0) is 16.7. The SMILES string of the molecule is Cc1cc(C(C)NC(=O)NCC(CCO)CC(C)C)c(C)o1. The van der Waals surface area contributed by atoms with Gasteiger partial charge < -0.3 is 20.2 Å². The topological polar surface area (TPSA) is 74.5 Å². The first-order valence-corrected chi connectivity index (χ1v) is 8.05. The standard InChI is InChI=1S/C17H30N2O3/c1-11(2)8-15(6-7-20)10-18-17(21)19-13(4)16-9-12(3)22-14(16)5/h9,11,13,15,20H,6-8,10H2,1-5H3,(H2,18,19,21). The molecule has 1 aromatic rings. The van der Waals surface area contributed by atoms with Gasteiger partial charge in [-0.2, -0.15) is 0 Å². The van der Waals surface area contributed by atoms with Crippen LogP contribution >= 0.6 is 0 Å². The Morgan fingerprint density at radius 3 is 2.50 bits per heavy atom. The number of furan rings is 1. The Hall–Kier alpha value is -1.49. The molecule has 0 aliphatic carbocycles. The van der Waals surface area contributed by atoms with Crippen molar-refractivity contribution in [1.29, 1.82) is 0 Å². The first-order chi connectivity index (χ1) is 10.3. The highest BCUT2D eigenvalue weighted by atomic mass is 16.3. The van der Waals surface area contributed by atoms with E-state index in [-0.39, 0.29) is 18.7 Å². The predicted molar refractivity (Wildman–Crippen MR) is 87.8 cm³/mol. The van der Waals surface area contributed by atoms with E-state index in [0.29, 0.717) is 24.8 Å². The van der Waals surface area contributed by atoms with Crippen LogP contribution in [0.4, 0.5) is 4.79 Å². The Morgan fingerprint density at radius 1 is 1.32 bits per heavy atom. The average molecular weight is 310 g/mol. The summed E-state index contributed by atoms with van der Waals surface area (Å²) in [6.07, 6.45) is 1.71. The molecule has 3 N–H and O–H groups in total. The van der Waals surface area contributed by atoms with Gasteiger partial charge >= 0.3 is 6.03 Å². The van der Waals surface area contributed by atoms with Crippen LogP contribution in [0.1, 0.15) is 56.7 Å². The van der Waals surface area contributed by atoms with Gasteiger partial charge in [0.25, 0.3) is 0 Å². The van der Waals surface area contributed by atoms with Crippen LogP contribution in [-0.4, -0.2) is 24.3 Å². The van der Waals surface area contributed by atoms with E-state index in [0.717, 1.165) is 23.5 Å². The molecule has 0 saturated heterocycles. The number of urea groups is 1. The monoisotopic (exact) mass is 310 g/mol. The molecule has 0 fully saturated rings. The molecular formula is C17H30N2O3. The number of aryl methyl sites for hydroxylation is 2. The first-order valence-electron chi connectivity index (χ1n) is 8.05. The molecule has 0 aliphatic heterocycles. The number of nitrogens with one attached hydrogen (secondary N) is 2. The zero-order valence-electron chi connectivity index (χ0n) is 14.4. The van der Waals surface area contributed by atoms with E-state index in [1.165, 1.54) is 0 Å². The van der Waals surface area contributed by atoms with Gasteiger partial charge in [0.15, 0.2) is 0 Å². The lowest BCUT2D eigenvalue weighted by atomic mass is 9.94. The molecule has 5 heteroatoms. The van der Waals surface area contributed by atoms with E-state index in [9.17, 15) is 4.79 Å². The highest BCUT2D eigenvalue weighted by Crippen LogP contribution is 2.21. The number of hydrogen-bond acceptors (Lipinski definition) is 3. The van der Waals surface area contributed by atoms with Crippen LogP contribution in [0.5, 0.6) is 0 Å². The molecule has 1 rings (SSSR count). The Bertz CT molecular complexity index is 468. The molecule has 1 aromatic heterocycles. The van der Waals surface area contributed by atoms with Gasteiger partial charge in [-0.3, -0.25) is 0 Å². The van der Waals surface area contributed by atoms with Gasteiger partial charge in [-0.15, -0.1) is 0 Å². The largest absolute Gasteiger partial charge is 0.466 e. The highest BCUT2D eigenvalue weighted by Gasteiger charge is 2.16. The third kappa shape index (κ3) is 6.10. The molecule has 0 spiro atoms. The van der Waals surface area contributed by atoms with Crippen molar-refractivity contribution in [3.05, 3.63) is 23.2 Å². The summed E-state index contributed by atoms with van der Waals surface area (Å²) < 4.78 is 5.49. The molecule has 126 valence electrons. The number of rotatable bonds is 8. The van der Waals surface area contributed by atoms with Gasteiger partial charge in [0.2, 0.25) is 0 Å². The second kappa shape index (κ2) is 8.83. The number of amides is 2. The fourth-order valence-electron chi connectivity index (χ4n) is 2.80. The minimum absolute atomic E-state index is 0.0983. The molecule has 0 saturated carbocycles. The van der Waals surface area contributed by atoms with Gasteiger partial charge in [0, 0.05) is 18.7 Å². The lowest BCUT2D eigenvalue weighted by Gasteiger charge is -2.20. The van der Waals surface area contributed by atoms with Gasteiger partial charge in [0.05, 0.1) is 6.04 Å². The lowest BCUT2D eigenvalue weighted by Crippen LogP contribution is -2.39.